The number of carbonyl (C=O) groups is 4. The van der Waals surface area contributed by atoms with Crippen LogP contribution >= 0.6 is 0 Å². The second-order valence-corrected chi connectivity index (χ2v) is 11.2. The van der Waals surface area contributed by atoms with Gasteiger partial charge in [0.15, 0.2) is 0 Å². The molecule has 33 heavy (non-hydrogen) atoms. The smallest absolute Gasteiger partial charge is 0.309 e. The lowest BCUT2D eigenvalue weighted by Gasteiger charge is -2.61. The Bertz CT molecular complexity index is 838. The van der Waals surface area contributed by atoms with E-state index in [1.165, 1.54) is 7.11 Å². The summed E-state index contributed by atoms with van der Waals surface area (Å²) in [7, 11) is 1.38. The molecule has 8 heteroatoms. The molecule has 0 bridgehead atoms. The SMILES string of the molecule is COC(=O)[C@@H]1CC[C@@H]2[C@@H]3C(=O)C[C@@H]4C[C@H](OC(=O)CCC(=O)O)CC[C@]4(C)[C@H]3C[C@H](O)[C@]21C. The largest absolute Gasteiger partial charge is 0.481 e. The van der Waals surface area contributed by atoms with Gasteiger partial charge in [0, 0.05) is 17.8 Å². The van der Waals surface area contributed by atoms with Gasteiger partial charge in [-0.1, -0.05) is 13.8 Å². The molecule has 4 aliphatic rings. The van der Waals surface area contributed by atoms with Gasteiger partial charge in [0.05, 0.1) is 32.0 Å². The molecule has 0 amide bonds. The second-order valence-electron chi connectivity index (χ2n) is 11.2. The van der Waals surface area contributed by atoms with Gasteiger partial charge in [-0.15, -0.1) is 0 Å². The van der Waals surface area contributed by atoms with E-state index in [4.69, 9.17) is 14.6 Å². The maximum Gasteiger partial charge on any atom is 0.309 e. The number of ether oxygens (including phenoxy) is 2. The molecule has 0 unspecified atom stereocenters. The Balaban J connectivity index is 1.51. The van der Waals surface area contributed by atoms with E-state index in [1.54, 1.807) is 0 Å². The molecule has 0 aromatic carbocycles. The van der Waals surface area contributed by atoms with Crippen molar-refractivity contribution in [3.8, 4) is 0 Å². The van der Waals surface area contributed by atoms with Gasteiger partial charge in [0.2, 0.25) is 0 Å². The third-order valence-corrected chi connectivity index (χ3v) is 9.86. The second kappa shape index (κ2) is 8.67. The van der Waals surface area contributed by atoms with Crippen molar-refractivity contribution in [3.05, 3.63) is 0 Å². The third-order valence-electron chi connectivity index (χ3n) is 9.86. The van der Waals surface area contributed by atoms with E-state index < -0.39 is 23.5 Å². The van der Waals surface area contributed by atoms with Crippen molar-refractivity contribution >= 4 is 23.7 Å². The average Bonchev–Trinajstić information content (AvgIpc) is 3.12. The molecule has 4 fully saturated rings. The predicted octanol–water partition coefficient (Wildman–Crippen LogP) is 2.74. The highest BCUT2D eigenvalue weighted by atomic mass is 16.5. The molecule has 0 spiro atoms. The molecule has 0 heterocycles. The van der Waals surface area contributed by atoms with E-state index in [2.05, 4.69) is 6.92 Å². The average molecular weight is 465 g/mol. The van der Waals surface area contributed by atoms with Crippen molar-refractivity contribution in [3.63, 3.8) is 0 Å². The molecule has 2 N–H and O–H groups in total. The molecule has 0 saturated heterocycles. The van der Waals surface area contributed by atoms with Crippen molar-refractivity contribution in [1.29, 1.82) is 0 Å². The van der Waals surface area contributed by atoms with E-state index in [0.717, 1.165) is 12.8 Å². The summed E-state index contributed by atoms with van der Waals surface area (Å²) < 4.78 is 10.6. The molecule has 9 atom stereocenters. The van der Waals surface area contributed by atoms with Crippen LogP contribution in [0.3, 0.4) is 0 Å². The highest BCUT2D eigenvalue weighted by Crippen LogP contribution is 2.66. The third kappa shape index (κ3) is 3.88. The number of carbonyl (C=O) groups excluding carboxylic acids is 3. The normalized spacial score (nSPS) is 44.2. The minimum Gasteiger partial charge on any atom is -0.481 e. The number of esters is 2. The summed E-state index contributed by atoms with van der Waals surface area (Å²) in [4.78, 5) is 48.7. The van der Waals surface area contributed by atoms with Gasteiger partial charge in [-0.25, -0.2) is 0 Å². The van der Waals surface area contributed by atoms with Crippen molar-refractivity contribution in [2.45, 2.75) is 83.8 Å². The van der Waals surface area contributed by atoms with Crippen LogP contribution in [0.5, 0.6) is 0 Å². The lowest BCUT2D eigenvalue weighted by Crippen LogP contribution is -2.61. The standard InChI is InChI=1S/C25H36O8/c1-24-9-8-14(33-21(30)7-6-20(28)29)10-13(24)11-18(26)22-15-4-5-16(23(31)32-3)25(15,2)19(27)12-17(22)24/h13-17,19,22,27H,4-12H2,1-3H3,(H,28,29)/t13-,14+,15+,16-,17-,19-,22-,24-,25+/m0/s1. The van der Waals surface area contributed by atoms with Gasteiger partial charge < -0.3 is 19.7 Å². The number of Topliss-reactive ketones (excluding diaryl/α,β-unsaturated/α-hetero) is 1. The number of fused-ring (bicyclic) bond motifs is 5. The van der Waals surface area contributed by atoms with Crippen molar-refractivity contribution in [2.24, 2.45) is 40.4 Å². The number of ketones is 1. The number of aliphatic hydroxyl groups excluding tert-OH is 1. The van der Waals surface area contributed by atoms with Crippen LogP contribution in [-0.2, 0) is 28.7 Å². The molecular formula is C25H36O8. The highest BCUT2D eigenvalue weighted by Gasteiger charge is 2.66. The van der Waals surface area contributed by atoms with Crippen LogP contribution in [0, 0.1) is 40.4 Å². The van der Waals surface area contributed by atoms with Gasteiger partial charge in [-0.3, -0.25) is 19.2 Å². The number of carboxylic acid groups (broad SMARTS) is 1. The quantitative estimate of drug-likeness (QED) is 0.595. The van der Waals surface area contributed by atoms with Crippen LogP contribution in [0.15, 0.2) is 0 Å². The Morgan fingerprint density at radius 1 is 1.06 bits per heavy atom. The number of hydrogen-bond donors (Lipinski definition) is 2. The van der Waals surface area contributed by atoms with Crippen molar-refractivity contribution in [2.75, 3.05) is 7.11 Å². The van der Waals surface area contributed by atoms with Crippen LogP contribution in [-0.4, -0.2) is 53.2 Å². The first kappa shape index (κ1) is 24.2. The first-order chi connectivity index (χ1) is 15.5. The molecule has 4 rings (SSSR count). The van der Waals surface area contributed by atoms with E-state index in [9.17, 15) is 24.3 Å². The van der Waals surface area contributed by atoms with Crippen LogP contribution < -0.4 is 0 Å². The molecule has 184 valence electrons. The number of rotatable bonds is 5. The molecule has 0 aromatic rings. The number of methoxy groups -OCH3 is 1. The number of aliphatic hydroxyl groups is 1. The molecule has 0 aromatic heterocycles. The maximum absolute atomic E-state index is 13.5. The Morgan fingerprint density at radius 3 is 2.45 bits per heavy atom. The van der Waals surface area contributed by atoms with E-state index in [-0.39, 0.29) is 65.7 Å². The first-order valence-electron chi connectivity index (χ1n) is 12.2. The van der Waals surface area contributed by atoms with Gasteiger partial charge in [0.1, 0.15) is 11.9 Å². The fourth-order valence-electron chi connectivity index (χ4n) is 7.96. The lowest BCUT2D eigenvalue weighted by molar-refractivity contribution is -0.189. The number of aliphatic carboxylic acids is 1. The van der Waals surface area contributed by atoms with Crippen LogP contribution in [0.1, 0.15) is 71.6 Å². The Labute approximate surface area is 194 Å². The molecule has 8 nitrogen and oxygen atoms in total. The summed E-state index contributed by atoms with van der Waals surface area (Å²) >= 11 is 0. The monoisotopic (exact) mass is 464 g/mol. The Hall–Kier alpha value is -1.96. The lowest BCUT2D eigenvalue weighted by atomic mass is 9.43. The summed E-state index contributed by atoms with van der Waals surface area (Å²) in [5.41, 5.74) is -0.793. The minimum absolute atomic E-state index is 0.0350. The van der Waals surface area contributed by atoms with Gasteiger partial charge in [0.25, 0.3) is 0 Å². The van der Waals surface area contributed by atoms with Gasteiger partial charge >= 0.3 is 17.9 Å². The van der Waals surface area contributed by atoms with E-state index >= 15 is 0 Å². The fraction of sp³-hybridized carbons (Fsp3) is 0.840. The summed E-state index contributed by atoms with van der Waals surface area (Å²) in [6.07, 6.45) is 2.97. The molecule has 4 saturated carbocycles. The summed E-state index contributed by atoms with van der Waals surface area (Å²) in [5.74, 6) is -2.11. The molecule has 4 aliphatic carbocycles. The van der Waals surface area contributed by atoms with E-state index in [1.807, 2.05) is 6.92 Å². The topological polar surface area (TPSA) is 127 Å². The van der Waals surface area contributed by atoms with Gasteiger partial charge in [-0.2, -0.15) is 0 Å². The highest BCUT2D eigenvalue weighted by molar-refractivity contribution is 5.84. The number of hydrogen-bond acceptors (Lipinski definition) is 7. The number of carboxylic acids is 1. The Kier molecular flexibility index (Phi) is 6.35. The van der Waals surface area contributed by atoms with Crippen LogP contribution in [0.4, 0.5) is 0 Å². The van der Waals surface area contributed by atoms with Gasteiger partial charge in [-0.05, 0) is 61.7 Å². The zero-order valence-corrected chi connectivity index (χ0v) is 19.7. The fourth-order valence-corrected chi connectivity index (χ4v) is 7.96. The molecule has 0 aliphatic heterocycles. The molecular weight excluding hydrogens is 428 g/mol. The van der Waals surface area contributed by atoms with Crippen LogP contribution in [0.25, 0.3) is 0 Å². The predicted molar refractivity (Wildman–Crippen MR) is 116 cm³/mol. The summed E-state index contributed by atoms with van der Waals surface area (Å²) in [5, 5.41) is 20.1. The summed E-state index contributed by atoms with van der Waals surface area (Å²) in [6.45, 7) is 4.18. The maximum atomic E-state index is 13.5. The minimum atomic E-state index is -1.03. The van der Waals surface area contributed by atoms with E-state index in [0.29, 0.717) is 32.1 Å². The van der Waals surface area contributed by atoms with Crippen molar-refractivity contribution < 1.29 is 38.9 Å². The Morgan fingerprint density at radius 2 is 1.79 bits per heavy atom. The first-order valence-corrected chi connectivity index (χ1v) is 12.2. The van der Waals surface area contributed by atoms with Crippen LogP contribution in [0.2, 0.25) is 0 Å². The van der Waals surface area contributed by atoms with Crippen molar-refractivity contribution in [1.82, 2.24) is 0 Å². The zero-order valence-electron chi connectivity index (χ0n) is 19.7. The molecule has 0 radical (unpaired) electrons. The zero-order chi connectivity index (χ0) is 24.1. The summed E-state index contributed by atoms with van der Waals surface area (Å²) in [6, 6.07) is 0.